The molecule has 2 heterocycles. The number of benzene rings is 1. The van der Waals surface area contributed by atoms with Gasteiger partial charge in [0, 0.05) is 62.7 Å². The van der Waals surface area contributed by atoms with Crippen molar-refractivity contribution >= 4 is 23.4 Å². The van der Waals surface area contributed by atoms with Gasteiger partial charge in [0.2, 0.25) is 5.91 Å². The van der Waals surface area contributed by atoms with E-state index in [2.05, 4.69) is 15.2 Å². The van der Waals surface area contributed by atoms with Gasteiger partial charge in [-0.2, -0.15) is 0 Å². The number of carbonyl (C=O) groups excluding carboxylic acids is 3. The van der Waals surface area contributed by atoms with Gasteiger partial charge in [-0.25, -0.2) is 0 Å². The smallest absolute Gasteiger partial charge is 0.258 e. The summed E-state index contributed by atoms with van der Waals surface area (Å²) in [5.41, 5.74) is 1.18. The van der Waals surface area contributed by atoms with Crippen molar-refractivity contribution in [2.45, 2.75) is 71.1 Å². The van der Waals surface area contributed by atoms with Crippen LogP contribution in [0.2, 0.25) is 0 Å². The molecule has 0 unspecified atom stereocenters. The lowest BCUT2D eigenvalue weighted by Crippen LogP contribution is -2.48. The molecule has 4 atom stereocenters. The standard InChI is InChI=1S/C34H51N5O6/c1-24-21-39(25(2)23-40)34(43)29-20-28(36-33(42)27-14-16-35-17-15-27)12-13-30(29)45-26(3)10-7-8-19-44-31(24)22-38(6)32(41)11-9-18-37(4)5/h12-17,20,24-26,31,40H,7-11,18-19,21-23H2,1-6H3,(H,36,42)/t24-,25+,26+,31-/m0/s1. The highest BCUT2D eigenvalue weighted by Gasteiger charge is 2.31. The molecule has 2 aromatic rings. The number of ether oxygens (including phenoxy) is 2. The van der Waals surface area contributed by atoms with E-state index in [0.29, 0.717) is 42.1 Å². The number of hydrogen-bond acceptors (Lipinski definition) is 8. The Morgan fingerprint density at radius 1 is 1.13 bits per heavy atom. The van der Waals surface area contributed by atoms with Gasteiger partial charge < -0.3 is 34.6 Å². The molecule has 0 radical (unpaired) electrons. The van der Waals surface area contributed by atoms with Gasteiger partial charge in [-0.1, -0.05) is 6.92 Å². The molecule has 0 aliphatic carbocycles. The summed E-state index contributed by atoms with van der Waals surface area (Å²) < 4.78 is 12.6. The molecular weight excluding hydrogens is 574 g/mol. The molecule has 45 heavy (non-hydrogen) atoms. The molecular formula is C34H51N5O6. The number of aliphatic hydroxyl groups excluding tert-OH is 1. The first kappa shape index (κ1) is 35.9. The number of likely N-dealkylation sites (N-methyl/N-ethyl adjacent to an activating group) is 1. The molecule has 248 valence electrons. The molecule has 1 aliphatic rings. The summed E-state index contributed by atoms with van der Waals surface area (Å²) in [5.74, 6) is -0.319. The maximum Gasteiger partial charge on any atom is 0.258 e. The van der Waals surface area contributed by atoms with E-state index in [-0.39, 0.29) is 49.0 Å². The third-order valence-electron chi connectivity index (χ3n) is 8.13. The zero-order chi connectivity index (χ0) is 32.9. The monoisotopic (exact) mass is 625 g/mol. The third-order valence-corrected chi connectivity index (χ3v) is 8.13. The zero-order valence-corrected chi connectivity index (χ0v) is 27.7. The van der Waals surface area contributed by atoms with Gasteiger partial charge in [0.15, 0.2) is 0 Å². The van der Waals surface area contributed by atoms with Crippen LogP contribution in [0.25, 0.3) is 0 Å². The number of pyridine rings is 1. The van der Waals surface area contributed by atoms with Crippen molar-refractivity contribution in [3.8, 4) is 5.75 Å². The number of carbonyl (C=O) groups is 3. The molecule has 0 fully saturated rings. The van der Waals surface area contributed by atoms with E-state index in [1.54, 1.807) is 66.5 Å². The minimum absolute atomic E-state index is 0.0601. The van der Waals surface area contributed by atoms with E-state index in [0.717, 1.165) is 32.2 Å². The fourth-order valence-corrected chi connectivity index (χ4v) is 5.28. The number of aromatic nitrogens is 1. The molecule has 1 aliphatic heterocycles. The average molecular weight is 626 g/mol. The van der Waals surface area contributed by atoms with Crippen molar-refractivity contribution in [1.82, 2.24) is 19.7 Å². The first-order valence-electron chi connectivity index (χ1n) is 15.9. The molecule has 1 aromatic heterocycles. The van der Waals surface area contributed by atoms with E-state index in [9.17, 15) is 19.5 Å². The van der Waals surface area contributed by atoms with Gasteiger partial charge in [0.1, 0.15) is 5.75 Å². The van der Waals surface area contributed by atoms with Gasteiger partial charge in [-0.3, -0.25) is 19.4 Å². The summed E-state index contributed by atoms with van der Waals surface area (Å²) in [4.78, 5) is 49.5. The third kappa shape index (κ3) is 11.1. The van der Waals surface area contributed by atoms with Crippen molar-refractivity contribution in [1.29, 1.82) is 0 Å². The van der Waals surface area contributed by atoms with Crippen LogP contribution in [0.15, 0.2) is 42.7 Å². The Kier molecular flexibility index (Phi) is 14.2. The molecule has 2 N–H and O–H groups in total. The molecule has 11 heteroatoms. The number of amides is 3. The second-order valence-electron chi connectivity index (χ2n) is 12.4. The van der Waals surface area contributed by atoms with Crippen molar-refractivity contribution in [3.05, 3.63) is 53.9 Å². The molecule has 1 aromatic carbocycles. The summed E-state index contributed by atoms with van der Waals surface area (Å²) in [6, 6.07) is 7.79. The summed E-state index contributed by atoms with van der Waals surface area (Å²) in [7, 11) is 5.78. The topological polar surface area (TPSA) is 125 Å². The van der Waals surface area contributed by atoms with Crippen LogP contribution >= 0.6 is 0 Å². The fourth-order valence-electron chi connectivity index (χ4n) is 5.28. The summed E-state index contributed by atoms with van der Waals surface area (Å²) in [6.07, 6.45) is 6.31. The number of aliphatic hydroxyl groups is 1. The largest absolute Gasteiger partial charge is 0.490 e. The van der Waals surface area contributed by atoms with Crippen LogP contribution < -0.4 is 10.1 Å². The van der Waals surface area contributed by atoms with Crippen LogP contribution in [0.5, 0.6) is 5.75 Å². The molecule has 3 rings (SSSR count). The molecule has 0 bridgehead atoms. The lowest BCUT2D eigenvalue weighted by atomic mass is 10.0. The summed E-state index contributed by atoms with van der Waals surface area (Å²) in [6.45, 7) is 7.60. The molecule has 11 nitrogen and oxygen atoms in total. The second kappa shape index (κ2) is 17.8. The van der Waals surface area contributed by atoms with Gasteiger partial charge in [0.05, 0.1) is 30.4 Å². The van der Waals surface area contributed by atoms with Gasteiger partial charge >= 0.3 is 0 Å². The number of nitrogens with one attached hydrogen (secondary N) is 1. The van der Waals surface area contributed by atoms with Crippen LogP contribution in [0.1, 0.15) is 73.6 Å². The highest BCUT2D eigenvalue weighted by molar-refractivity contribution is 6.05. The Balaban J connectivity index is 1.89. The summed E-state index contributed by atoms with van der Waals surface area (Å²) in [5, 5.41) is 13.1. The Labute approximate surface area is 267 Å². The molecule has 0 saturated carbocycles. The van der Waals surface area contributed by atoms with E-state index in [1.807, 2.05) is 27.9 Å². The zero-order valence-electron chi connectivity index (χ0n) is 27.7. The lowest BCUT2D eigenvalue weighted by Gasteiger charge is -2.36. The maximum atomic E-state index is 14.3. The van der Waals surface area contributed by atoms with E-state index < -0.39 is 6.04 Å². The predicted octanol–water partition coefficient (Wildman–Crippen LogP) is 3.93. The predicted molar refractivity (Wildman–Crippen MR) is 174 cm³/mol. The summed E-state index contributed by atoms with van der Waals surface area (Å²) >= 11 is 0. The van der Waals surface area contributed by atoms with Crippen LogP contribution in [0.4, 0.5) is 5.69 Å². The van der Waals surface area contributed by atoms with E-state index >= 15 is 0 Å². The molecule has 0 saturated heterocycles. The first-order valence-corrected chi connectivity index (χ1v) is 15.9. The number of rotatable bonds is 10. The minimum Gasteiger partial charge on any atom is -0.490 e. The van der Waals surface area contributed by atoms with Crippen molar-refractivity contribution < 1.29 is 29.0 Å². The van der Waals surface area contributed by atoms with Gasteiger partial charge in [0.25, 0.3) is 11.8 Å². The molecule has 0 spiro atoms. The first-order chi connectivity index (χ1) is 21.5. The van der Waals surface area contributed by atoms with Gasteiger partial charge in [-0.05, 0) is 90.5 Å². The lowest BCUT2D eigenvalue weighted by molar-refractivity contribution is -0.132. The number of nitrogens with zero attached hydrogens (tertiary/aromatic N) is 4. The number of anilines is 1. The average Bonchev–Trinajstić information content (AvgIpc) is 3.02. The fraction of sp³-hybridized carbons (Fsp3) is 0.588. The van der Waals surface area contributed by atoms with E-state index in [1.165, 1.54) is 0 Å². The van der Waals surface area contributed by atoms with Gasteiger partial charge in [-0.15, -0.1) is 0 Å². The molecule has 3 amide bonds. The number of hydrogen-bond donors (Lipinski definition) is 2. The van der Waals surface area contributed by atoms with Crippen LogP contribution in [0.3, 0.4) is 0 Å². The Hall–Kier alpha value is -3.54. The van der Waals surface area contributed by atoms with E-state index in [4.69, 9.17) is 9.47 Å². The Bertz CT molecular complexity index is 1240. The van der Waals surface area contributed by atoms with Crippen LogP contribution in [0, 0.1) is 5.92 Å². The van der Waals surface area contributed by atoms with Crippen LogP contribution in [-0.4, -0.2) is 115 Å². The Morgan fingerprint density at radius 3 is 2.56 bits per heavy atom. The maximum absolute atomic E-state index is 14.3. The second-order valence-corrected chi connectivity index (χ2v) is 12.4. The van der Waals surface area contributed by atoms with Crippen molar-refractivity contribution in [2.24, 2.45) is 5.92 Å². The highest BCUT2D eigenvalue weighted by atomic mass is 16.5. The number of fused-ring (bicyclic) bond motifs is 1. The minimum atomic E-state index is -0.501. The normalized spacial score (nSPS) is 20.5. The SMILES string of the molecule is C[C@@H]1CCCCO[C@@H](CN(C)C(=O)CCCN(C)C)[C@@H](C)CN([C@H](C)CO)C(=O)c2cc(NC(=O)c3ccncc3)ccc2O1. The highest BCUT2D eigenvalue weighted by Crippen LogP contribution is 2.29. The quantitative estimate of drug-likeness (QED) is 0.407. The Morgan fingerprint density at radius 2 is 1.87 bits per heavy atom. The van der Waals surface area contributed by atoms with Crippen LogP contribution in [-0.2, 0) is 9.53 Å². The van der Waals surface area contributed by atoms with Crippen molar-refractivity contribution in [2.75, 3.05) is 59.3 Å². The van der Waals surface area contributed by atoms with Crippen molar-refractivity contribution in [3.63, 3.8) is 0 Å².